The summed E-state index contributed by atoms with van der Waals surface area (Å²) in [6, 6.07) is 13.0. The maximum absolute atomic E-state index is 13.5. The molecule has 1 heterocycles. The summed E-state index contributed by atoms with van der Waals surface area (Å²) in [5, 5.41) is 6.91. The van der Waals surface area contributed by atoms with E-state index in [1.165, 1.54) is 6.07 Å². The lowest BCUT2D eigenvalue weighted by Crippen LogP contribution is -2.51. The molecule has 0 spiro atoms. The van der Waals surface area contributed by atoms with Crippen LogP contribution in [0.2, 0.25) is 0 Å². The standard InChI is InChI=1S/C25H34FN5O/c1-18-15-21(26)10-11-23(18)31-14-6-9-22(17-31)29-25(27-2)28-13-12-19-7-5-8-20(16-19)24(32)30(3)4/h5,7-8,10-11,15-16,22H,6,9,12-14,17H2,1-4H3,(H2,27,28,29). The molecule has 2 aromatic rings. The molecule has 2 aromatic carbocycles. The van der Waals surface area contributed by atoms with Gasteiger partial charge >= 0.3 is 0 Å². The number of anilines is 1. The molecular formula is C25H34FN5O. The first-order valence-electron chi connectivity index (χ1n) is 11.2. The molecular weight excluding hydrogens is 405 g/mol. The number of aliphatic imine (C=N–C) groups is 1. The van der Waals surface area contributed by atoms with E-state index in [-0.39, 0.29) is 17.8 Å². The van der Waals surface area contributed by atoms with E-state index in [2.05, 4.69) is 20.5 Å². The molecule has 1 atom stereocenters. The summed E-state index contributed by atoms with van der Waals surface area (Å²) in [5.41, 5.74) is 3.86. The number of hydrogen-bond donors (Lipinski definition) is 2. The maximum atomic E-state index is 13.5. The third kappa shape index (κ3) is 6.22. The molecule has 1 unspecified atom stereocenters. The number of aryl methyl sites for hydroxylation is 1. The van der Waals surface area contributed by atoms with Gasteiger partial charge in [0.1, 0.15) is 5.82 Å². The van der Waals surface area contributed by atoms with Crippen molar-refractivity contribution in [1.29, 1.82) is 0 Å². The molecule has 1 aliphatic rings. The third-order valence-corrected chi connectivity index (χ3v) is 5.77. The van der Waals surface area contributed by atoms with Crippen LogP contribution in [0.5, 0.6) is 0 Å². The van der Waals surface area contributed by atoms with Crippen molar-refractivity contribution >= 4 is 17.6 Å². The van der Waals surface area contributed by atoms with Gasteiger partial charge in [0, 0.05) is 58.1 Å². The largest absolute Gasteiger partial charge is 0.369 e. The molecule has 0 aliphatic carbocycles. The lowest BCUT2D eigenvalue weighted by molar-refractivity contribution is 0.0827. The number of amides is 1. The minimum absolute atomic E-state index is 0.00975. The highest BCUT2D eigenvalue weighted by molar-refractivity contribution is 5.94. The van der Waals surface area contributed by atoms with Gasteiger partial charge in [-0.3, -0.25) is 9.79 Å². The van der Waals surface area contributed by atoms with Crippen molar-refractivity contribution in [2.75, 3.05) is 45.7 Å². The first-order valence-corrected chi connectivity index (χ1v) is 11.2. The van der Waals surface area contributed by atoms with Crippen LogP contribution in [0.3, 0.4) is 0 Å². The minimum atomic E-state index is -0.195. The highest BCUT2D eigenvalue weighted by atomic mass is 19.1. The van der Waals surface area contributed by atoms with E-state index in [0.29, 0.717) is 12.1 Å². The molecule has 32 heavy (non-hydrogen) atoms. The molecule has 1 aliphatic heterocycles. The van der Waals surface area contributed by atoms with Crippen LogP contribution in [-0.4, -0.2) is 63.6 Å². The van der Waals surface area contributed by atoms with E-state index >= 15 is 0 Å². The molecule has 0 saturated carbocycles. The first kappa shape index (κ1) is 23.6. The Morgan fingerprint density at radius 2 is 2.06 bits per heavy atom. The van der Waals surface area contributed by atoms with Crippen molar-refractivity contribution in [1.82, 2.24) is 15.5 Å². The number of rotatable bonds is 6. The van der Waals surface area contributed by atoms with Crippen molar-refractivity contribution in [2.24, 2.45) is 4.99 Å². The van der Waals surface area contributed by atoms with Crippen molar-refractivity contribution < 1.29 is 9.18 Å². The second kappa shape index (κ2) is 11.0. The number of hydrogen-bond acceptors (Lipinski definition) is 3. The molecule has 1 fully saturated rings. The number of guanidine groups is 1. The predicted octanol–water partition coefficient (Wildman–Crippen LogP) is 3.21. The molecule has 1 saturated heterocycles. The fourth-order valence-corrected chi connectivity index (χ4v) is 4.12. The van der Waals surface area contributed by atoms with Crippen LogP contribution in [0.25, 0.3) is 0 Å². The quantitative estimate of drug-likeness (QED) is 0.536. The molecule has 2 N–H and O–H groups in total. The SMILES string of the molecule is CN=C(NCCc1cccc(C(=O)N(C)C)c1)NC1CCCN(c2ccc(F)cc2C)C1. The number of benzene rings is 2. The predicted molar refractivity (Wildman–Crippen MR) is 129 cm³/mol. The summed E-state index contributed by atoms with van der Waals surface area (Å²) in [6.07, 6.45) is 2.92. The van der Waals surface area contributed by atoms with Crippen LogP contribution < -0.4 is 15.5 Å². The smallest absolute Gasteiger partial charge is 0.253 e. The zero-order chi connectivity index (χ0) is 23.1. The fraction of sp³-hybridized carbons (Fsp3) is 0.440. The average Bonchev–Trinajstić information content (AvgIpc) is 2.78. The molecule has 3 rings (SSSR count). The lowest BCUT2D eigenvalue weighted by Gasteiger charge is -2.36. The zero-order valence-electron chi connectivity index (χ0n) is 19.5. The summed E-state index contributed by atoms with van der Waals surface area (Å²) in [6.45, 7) is 4.49. The summed E-state index contributed by atoms with van der Waals surface area (Å²) < 4.78 is 13.5. The number of carbonyl (C=O) groups excluding carboxylic acids is 1. The van der Waals surface area contributed by atoms with E-state index in [9.17, 15) is 9.18 Å². The Balaban J connectivity index is 1.52. The van der Waals surface area contributed by atoms with Crippen molar-refractivity contribution in [3.63, 3.8) is 0 Å². The van der Waals surface area contributed by atoms with Crippen LogP contribution >= 0.6 is 0 Å². The Bertz CT molecular complexity index is 959. The van der Waals surface area contributed by atoms with E-state index in [1.54, 1.807) is 32.1 Å². The highest BCUT2D eigenvalue weighted by Gasteiger charge is 2.22. The van der Waals surface area contributed by atoms with Crippen LogP contribution in [-0.2, 0) is 6.42 Å². The second-order valence-corrected chi connectivity index (χ2v) is 8.51. The minimum Gasteiger partial charge on any atom is -0.369 e. The molecule has 6 nitrogen and oxygen atoms in total. The average molecular weight is 440 g/mol. The topological polar surface area (TPSA) is 60.0 Å². The molecule has 172 valence electrons. The van der Waals surface area contributed by atoms with Gasteiger partial charge in [-0.05, 0) is 67.6 Å². The van der Waals surface area contributed by atoms with Crippen molar-refractivity contribution in [2.45, 2.75) is 32.2 Å². The second-order valence-electron chi connectivity index (χ2n) is 8.51. The summed E-state index contributed by atoms with van der Waals surface area (Å²) in [4.78, 5) is 20.4. The lowest BCUT2D eigenvalue weighted by atomic mass is 10.0. The van der Waals surface area contributed by atoms with Crippen molar-refractivity contribution in [3.8, 4) is 0 Å². The Morgan fingerprint density at radius 1 is 1.25 bits per heavy atom. The summed E-state index contributed by atoms with van der Waals surface area (Å²) in [5.74, 6) is 0.586. The van der Waals surface area contributed by atoms with E-state index in [4.69, 9.17) is 0 Å². The van der Waals surface area contributed by atoms with Crippen LogP contribution in [0.1, 0.15) is 34.3 Å². The summed E-state index contributed by atoms with van der Waals surface area (Å²) >= 11 is 0. The number of halogens is 1. The maximum Gasteiger partial charge on any atom is 0.253 e. The van der Waals surface area contributed by atoms with Gasteiger partial charge in [0.05, 0.1) is 0 Å². The number of nitrogens with one attached hydrogen (secondary N) is 2. The molecule has 0 aromatic heterocycles. The van der Waals surface area contributed by atoms with Crippen molar-refractivity contribution in [3.05, 3.63) is 65.0 Å². The number of piperidine rings is 1. The van der Waals surface area contributed by atoms with E-state index in [0.717, 1.165) is 55.1 Å². The van der Waals surface area contributed by atoms with Crippen LogP contribution in [0.15, 0.2) is 47.5 Å². The molecule has 7 heteroatoms. The van der Waals surface area contributed by atoms with E-state index < -0.39 is 0 Å². The van der Waals surface area contributed by atoms with Gasteiger partial charge in [-0.2, -0.15) is 0 Å². The van der Waals surface area contributed by atoms with E-state index in [1.807, 2.05) is 37.3 Å². The van der Waals surface area contributed by atoms with Gasteiger partial charge in [0.2, 0.25) is 0 Å². The fourth-order valence-electron chi connectivity index (χ4n) is 4.12. The summed E-state index contributed by atoms with van der Waals surface area (Å²) in [7, 11) is 5.29. The van der Waals surface area contributed by atoms with Crippen LogP contribution in [0.4, 0.5) is 10.1 Å². The van der Waals surface area contributed by atoms with Gasteiger partial charge in [0.15, 0.2) is 5.96 Å². The Kier molecular flexibility index (Phi) is 8.09. The number of carbonyl (C=O) groups is 1. The van der Waals surface area contributed by atoms with Gasteiger partial charge in [0.25, 0.3) is 5.91 Å². The van der Waals surface area contributed by atoms with Gasteiger partial charge in [-0.25, -0.2) is 4.39 Å². The molecule has 1 amide bonds. The number of nitrogens with zero attached hydrogens (tertiary/aromatic N) is 3. The molecule has 0 bridgehead atoms. The first-order chi connectivity index (χ1) is 15.4. The normalized spacial score (nSPS) is 16.6. The Labute approximate surface area is 190 Å². The highest BCUT2D eigenvalue weighted by Crippen LogP contribution is 2.24. The zero-order valence-corrected chi connectivity index (χ0v) is 19.5. The molecule has 0 radical (unpaired) electrons. The monoisotopic (exact) mass is 439 g/mol. The van der Waals surface area contributed by atoms with Gasteiger partial charge < -0.3 is 20.4 Å². The third-order valence-electron chi connectivity index (χ3n) is 5.77. The van der Waals surface area contributed by atoms with Gasteiger partial charge in [-0.1, -0.05) is 12.1 Å². The van der Waals surface area contributed by atoms with Crippen LogP contribution in [0, 0.1) is 12.7 Å². The van der Waals surface area contributed by atoms with Gasteiger partial charge in [-0.15, -0.1) is 0 Å². The Morgan fingerprint density at radius 3 is 2.78 bits per heavy atom. The Hall–Kier alpha value is -3.09.